The second-order valence-electron chi connectivity index (χ2n) is 6.14. The van der Waals surface area contributed by atoms with Crippen LogP contribution in [0.15, 0.2) is 42.6 Å². The summed E-state index contributed by atoms with van der Waals surface area (Å²) >= 11 is 0. The van der Waals surface area contributed by atoms with Crippen molar-refractivity contribution >= 4 is 18.1 Å². The molecule has 0 atom stereocenters. The Hall–Kier alpha value is -2.62. The van der Waals surface area contributed by atoms with E-state index < -0.39 is 5.41 Å². The normalized spacial score (nSPS) is 11.5. The molecule has 0 saturated carbocycles. The van der Waals surface area contributed by atoms with Gasteiger partial charge in [-0.1, -0.05) is 18.2 Å². The number of methoxy groups -OCH3 is 1. The Bertz CT molecular complexity index is 700. The summed E-state index contributed by atoms with van der Waals surface area (Å²) in [5.74, 6) is 0.640. The zero-order valence-corrected chi connectivity index (χ0v) is 13.9. The van der Waals surface area contributed by atoms with Crippen molar-refractivity contribution in [2.45, 2.75) is 20.8 Å². The van der Waals surface area contributed by atoms with Gasteiger partial charge in [0.05, 0.1) is 18.2 Å². The van der Waals surface area contributed by atoms with E-state index in [0.29, 0.717) is 11.5 Å². The fraction of sp³-hybridized carbons (Fsp3) is 0.263. The molecule has 1 aromatic heterocycles. The van der Waals surface area contributed by atoms with Crippen LogP contribution >= 0.6 is 0 Å². The van der Waals surface area contributed by atoms with E-state index in [1.165, 1.54) is 0 Å². The Morgan fingerprint density at radius 3 is 2.48 bits per heavy atom. The maximum Gasteiger partial charge on any atom is 0.316 e. The zero-order chi connectivity index (χ0) is 16.9. The van der Waals surface area contributed by atoms with Gasteiger partial charge in [0.15, 0.2) is 11.5 Å². The predicted octanol–water partition coefficient (Wildman–Crippen LogP) is 4.21. The fourth-order valence-corrected chi connectivity index (χ4v) is 1.78. The van der Waals surface area contributed by atoms with Crippen molar-refractivity contribution in [2.75, 3.05) is 7.11 Å². The Morgan fingerprint density at radius 1 is 1.09 bits per heavy atom. The first-order chi connectivity index (χ1) is 10.9. The molecule has 0 radical (unpaired) electrons. The molecule has 4 heteroatoms. The molecule has 0 saturated heterocycles. The quantitative estimate of drug-likeness (QED) is 0.627. The van der Waals surface area contributed by atoms with Crippen LogP contribution in [0.4, 0.5) is 0 Å². The lowest BCUT2D eigenvalue weighted by Gasteiger charge is -2.17. The van der Waals surface area contributed by atoms with Gasteiger partial charge in [0.2, 0.25) is 0 Å². The van der Waals surface area contributed by atoms with Crippen LogP contribution in [0.1, 0.15) is 32.0 Å². The average Bonchev–Trinajstić information content (AvgIpc) is 2.54. The van der Waals surface area contributed by atoms with Gasteiger partial charge < -0.3 is 9.47 Å². The molecular formula is C19H21NO3. The van der Waals surface area contributed by atoms with Crippen molar-refractivity contribution in [3.8, 4) is 11.5 Å². The summed E-state index contributed by atoms with van der Waals surface area (Å²) in [7, 11) is 1.55. The van der Waals surface area contributed by atoms with Gasteiger partial charge in [-0.25, -0.2) is 0 Å². The number of carbonyl (C=O) groups excluding carboxylic acids is 1. The maximum atomic E-state index is 12.0. The van der Waals surface area contributed by atoms with Crippen LogP contribution in [0.2, 0.25) is 0 Å². The van der Waals surface area contributed by atoms with E-state index in [1.54, 1.807) is 19.4 Å². The minimum Gasteiger partial charge on any atom is -0.493 e. The van der Waals surface area contributed by atoms with Crippen molar-refractivity contribution in [1.82, 2.24) is 4.98 Å². The first-order valence-electron chi connectivity index (χ1n) is 7.39. The Labute approximate surface area is 136 Å². The molecule has 0 bridgehead atoms. The number of hydrogen-bond acceptors (Lipinski definition) is 4. The predicted molar refractivity (Wildman–Crippen MR) is 91.2 cm³/mol. The SMILES string of the molecule is COc1cc(/C=C/c2ccccn2)ccc1OC(=O)C(C)(C)C. The fourth-order valence-electron chi connectivity index (χ4n) is 1.78. The Morgan fingerprint density at radius 2 is 1.87 bits per heavy atom. The third-order valence-corrected chi connectivity index (χ3v) is 3.14. The summed E-state index contributed by atoms with van der Waals surface area (Å²) in [6.07, 6.45) is 5.59. The largest absolute Gasteiger partial charge is 0.493 e. The summed E-state index contributed by atoms with van der Waals surface area (Å²) < 4.78 is 10.7. The number of ether oxygens (including phenoxy) is 2. The number of esters is 1. The molecule has 0 aliphatic carbocycles. The summed E-state index contributed by atoms with van der Waals surface area (Å²) in [5.41, 5.74) is 1.24. The van der Waals surface area contributed by atoms with Crippen molar-refractivity contribution in [3.05, 3.63) is 53.9 Å². The van der Waals surface area contributed by atoms with Gasteiger partial charge in [-0.15, -0.1) is 0 Å². The molecule has 0 aliphatic heterocycles. The van der Waals surface area contributed by atoms with E-state index in [4.69, 9.17) is 9.47 Å². The Balaban J connectivity index is 2.19. The van der Waals surface area contributed by atoms with Crippen LogP contribution < -0.4 is 9.47 Å². The first-order valence-corrected chi connectivity index (χ1v) is 7.39. The molecule has 0 fully saturated rings. The molecule has 23 heavy (non-hydrogen) atoms. The summed E-state index contributed by atoms with van der Waals surface area (Å²) in [6.45, 7) is 5.43. The highest BCUT2D eigenvalue weighted by Gasteiger charge is 2.24. The highest BCUT2D eigenvalue weighted by molar-refractivity contribution is 5.79. The van der Waals surface area contributed by atoms with Gasteiger partial charge in [0.25, 0.3) is 0 Å². The van der Waals surface area contributed by atoms with Crippen molar-refractivity contribution in [2.24, 2.45) is 5.41 Å². The van der Waals surface area contributed by atoms with Crippen molar-refractivity contribution in [1.29, 1.82) is 0 Å². The van der Waals surface area contributed by atoms with Gasteiger partial charge in [-0.3, -0.25) is 9.78 Å². The molecule has 0 aliphatic rings. The monoisotopic (exact) mass is 311 g/mol. The van der Waals surface area contributed by atoms with Crippen LogP contribution in [0.5, 0.6) is 11.5 Å². The highest BCUT2D eigenvalue weighted by Crippen LogP contribution is 2.30. The lowest BCUT2D eigenvalue weighted by molar-refractivity contribution is -0.143. The number of hydrogen-bond donors (Lipinski definition) is 0. The summed E-state index contributed by atoms with van der Waals surface area (Å²) in [4.78, 5) is 16.2. The molecule has 1 heterocycles. The van der Waals surface area contributed by atoms with Crippen LogP contribution in [-0.4, -0.2) is 18.1 Å². The van der Waals surface area contributed by atoms with E-state index in [9.17, 15) is 4.79 Å². The van der Waals surface area contributed by atoms with E-state index in [0.717, 1.165) is 11.3 Å². The standard InChI is InChI=1S/C19H21NO3/c1-19(2,3)18(21)23-16-11-9-14(13-17(16)22-4)8-10-15-7-5-6-12-20-15/h5-13H,1-4H3/b10-8+. The van der Waals surface area contributed by atoms with Gasteiger partial charge in [-0.05, 0) is 56.7 Å². The highest BCUT2D eigenvalue weighted by atomic mass is 16.6. The number of rotatable bonds is 4. The molecular weight excluding hydrogens is 290 g/mol. The van der Waals surface area contributed by atoms with Crippen LogP contribution in [0.3, 0.4) is 0 Å². The second-order valence-corrected chi connectivity index (χ2v) is 6.14. The molecule has 0 spiro atoms. The summed E-state index contributed by atoms with van der Waals surface area (Å²) in [6, 6.07) is 11.2. The van der Waals surface area contributed by atoms with Crippen molar-refractivity contribution < 1.29 is 14.3 Å². The molecule has 2 rings (SSSR count). The second kappa shape index (κ2) is 7.09. The molecule has 120 valence electrons. The molecule has 4 nitrogen and oxygen atoms in total. The Kier molecular flexibility index (Phi) is 5.16. The smallest absolute Gasteiger partial charge is 0.316 e. The summed E-state index contributed by atoms with van der Waals surface area (Å²) in [5, 5.41) is 0. The lowest BCUT2D eigenvalue weighted by Crippen LogP contribution is -2.25. The first kappa shape index (κ1) is 16.7. The van der Waals surface area contributed by atoms with E-state index in [2.05, 4.69) is 4.98 Å². The van der Waals surface area contributed by atoms with Gasteiger partial charge in [0.1, 0.15) is 0 Å². The number of pyridine rings is 1. The van der Waals surface area contributed by atoms with Gasteiger partial charge in [0, 0.05) is 6.20 Å². The van der Waals surface area contributed by atoms with Gasteiger partial charge >= 0.3 is 5.97 Å². The van der Waals surface area contributed by atoms with Gasteiger partial charge in [-0.2, -0.15) is 0 Å². The minimum absolute atomic E-state index is 0.299. The molecule has 1 aromatic carbocycles. The third-order valence-electron chi connectivity index (χ3n) is 3.14. The maximum absolute atomic E-state index is 12.0. The lowest BCUT2D eigenvalue weighted by atomic mass is 9.97. The molecule has 0 unspecified atom stereocenters. The number of carbonyl (C=O) groups is 1. The zero-order valence-electron chi connectivity index (χ0n) is 13.9. The van der Waals surface area contributed by atoms with Crippen LogP contribution in [0, 0.1) is 5.41 Å². The molecule has 0 N–H and O–H groups in total. The van der Waals surface area contributed by atoms with Crippen LogP contribution in [0.25, 0.3) is 12.2 Å². The number of nitrogens with zero attached hydrogens (tertiary/aromatic N) is 1. The average molecular weight is 311 g/mol. The third kappa shape index (κ3) is 4.68. The molecule has 0 amide bonds. The minimum atomic E-state index is -0.567. The van der Waals surface area contributed by atoms with E-state index >= 15 is 0 Å². The number of aromatic nitrogens is 1. The molecule has 2 aromatic rings. The topological polar surface area (TPSA) is 48.4 Å². The van der Waals surface area contributed by atoms with Crippen LogP contribution in [-0.2, 0) is 4.79 Å². The van der Waals surface area contributed by atoms with E-state index in [1.807, 2.05) is 63.3 Å². The number of benzene rings is 1. The van der Waals surface area contributed by atoms with E-state index in [-0.39, 0.29) is 5.97 Å². The van der Waals surface area contributed by atoms with Crippen molar-refractivity contribution in [3.63, 3.8) is 0 Å².